The van der Waals surface area contributed by atoms with Gasteiger partial charge in [-0.25, -0.2) is 0 Å². The zero-order valence-electron chi connectivity index (χ0n) is 12.2. The van der Waals surface area contributed by atoms with Gasteiger partial charge in [0.05, 0.1) is 13.5 Å². The zero-order chi connectivity index (χ0) is 15.2. The first kappa shape index (κ1) is 16.8. The molecule has 2 N–H and O–H groups in total. The standard InChI is InChI=1S/C15H22ClNO3/c1-4-15(2,7-8-18)17-14(19)10-11-9-12(16)5-6-13(11)20-3/h5-6,9,18H,4,7-8,10H2,1-3H3,(H,17,19). The van der Waals surface area contributed by atoms with Crippen molar-refractivity contribution in [3.05, 3.63) is 28.8 Å². The molecule has 1 amide bonds. The van der Waals surface area contributed by atoms with Gasteiger partial charge in [0, 0.05) is 22.7 Å². The molecule has 0 aliphatic rings. The summed E-state index contributed by atoms with van der Waals surface area (Å²) in [5.41, 5.74) is 0.359. The van der Waals surface area contributed by atoms with E-state index < -0.39 is 5.54 Å². The van der Waals surface area contributed by atoms with E-state index in [9.17, 15) is 4.79 Å². The molecule has 1 aromatic rings. The molecule has 0 saturated carbocycles. The highest BCUT2D eigenvalue weighted by Gasteiger charge is 2.24. The Morgan fingerprint density at radius 3 is 2.75 bits per heavy atom. The molecular weight excluding hydrogens is 278 g/mol. The van der Waals surface area contributed by atoms with Gasteiger partial charge in [0.1, 0.15) is 5.75 Å². The lowest BCUT2D eigenvalue weighted by molar-refractivity contribution is -0.122. The lowest BCUT2D eigenvalue weighted by atomic mass is 9.94. The second-order valence-electron chi connectivity index (χ2n) is 5.07. The molecule has 4 nitrogen and oxygen atoms in total. The highest BCUT2D eigenvalue weighted by molar-refractivity contribution is 6.30. The van der Waals surface area contributed by atoms with Crippen molar-refractivity contribution < 1.29 is 14.6 Å². The summed E-state index contributed by atoms with van der Waals surface area (Å²) in [6.07, 6.45) is 1.48. The van der Waals surface area contributed by atoms with Gasteiger partial charge in [0.15, 0.2) is 0 Å². The number of nitrogens with one attached hydrogen (secondary N) is 1. The van der Waals surface area contributed by atoms with Gasteiger partial charge in [-0.15, -0.1) is 0 Å². The number of ether oxygens (including phenoxy) is 1. The lowest BCUT2D eigenvalue weighted by Crippen LogP contribution is -2.46. The molecule has 0 bridgehead atoms. The fraction of sp³-hybridized carbons (Fsp3) is 0.533. The maximum atomic E-state index is 12.1. The van der Waals surface area contributed by atoms with Gasteiger partial charge < -0.3 is 15.2 Å². The molecular formula is C15H22ClNO3. The predicted molar refractivity (Wildman–Crippen MR) is 80.2 cm³/mol. The number of halogens is 1. The third-order valence-corrected chi connectivity index (χ3v) is 3.71. The van der Waals surface area contributed by atoms with Crippen LogP contribution in [0.15, 0.2) is 18.2 Å². The summed E-state index contributed by atoms with van der Waals surface area (Å²) in [5.74, 6) is 0.535. The quantitative estimate of drug-likeness (QED) is 0.813. The van der Waals surface area contributed by atoms with Gasteiger partial charge in [-0.1, -0.05) is 18.5 Å². The van der Waals surface area contributed by atoms with Crippen LogP contribution in [0.3, 0.4) is 0 Å². The van der Waals surface area contributed by atoms with Crippen LogP contribution in [0.2, 0.25) is 5.02 Å². The van der Waals surface area contributed by atoms with E-state index in [0.717, 1.165) is 12.0 Å². The van der Waals surface area contributed by atoms with Crippen molar-refractivity contribution in [3.63, 3.8) is 0 Å². The van der Waals surface area contributed by atoms with Crippen molar-refractivity contribution in [3.8, 4) is 5.75 Å². The van der Waals surface area contributed by atoms with E-state index in [1.165, 1.54) is 0 Å². The van der Waals surface area contributed by atoms with E-state index in [1.54, 1.807) is 25.3 Å². The Balaban J connectivity index is 2.78. The Hall–Kier alpha value is -1.26. The fourth-order valence-electron chi connectivity index (χ4n) is 2.01. The Morgan fingerprint density at radius 2 is 2.20 bits per heavy atom. The third-order valence-electron chi connectivity index (χ3n) is 3.48. The van der Waals surface area contributed by atoms with Crippen molar-refractivity contribution in [2.24, 2.45) is 0 Å². The van der Waals surface area contributed by atoms with E-state index in [-0.39, 0.29) is 18.9 Å². The van der Waals surface area contributed by atoms with Crippen LogP contribution in [0.25, 0.3) is 0 Å². The van der Waals surface area contributed by atoms with Crippen LogP contribution in [-0.2, 0) is 11.2 Å². The highest BCUT2D eigenvalue weighted by atomic mass is 35.5. The maximum absolute atomic E-state index is 12.1. The van der Waals surface area contributed by atoms with Crippen LogP contribution < -0.4 is 10.1 Å². The highest BCUT2D eigenvalue weighted by Crippen LogP contribution is 2.23. The first-order chi connectivity index (χ1) is 9.44. The number of carbonyl (C=O) groups is 1. The first-order valence-electron chi connectivity index (χ1n) is 6.68. The number of carbonyl (C=O) groups excluding carboxylic acids is 1. The molecule has 0 aliphatic heterocycles. The summed E-state index contributed by atoms with van der Waals surface area (Å²) in [7, 11) is 1.56. The third kappa shape index (κ3) is 4.69. The van der Waals surface area contributed by atoms with E-state index in [2.05, 4.69) is 5.32 Å². The van der Waals surface area contributed by atoms with Crippen molar-refractivity contribution in [2.75, 3.05) is 13.7 Å². The monoisotopic (exact) mass is 299 g/mol. The number of aliphatic hydroxyl groups is 1. The van der Waals surface area contributed by atoms with Gasteiger partial charge in [-0.2, -0.15) is 0 Å². The SMILES string of the molecule is CCC(C)(CCO)NC(=O)Cc1cc(Cl)ccc1OC. The lowest BCUT2D eigenvalue weighted by Gasteiger charge is -2.29. The summed E-state index contributed by atoms with van der Waals surface area (Å²) in [4.78, 5) is 12.1. The van der Waals surface area contributed by atoms with Gasteiger partial charge in [-0.3, -0.25) is 4.79 Å². The Bertz CT molecular complexity index is 464. The smallest absolute Gasteiger partial charge is 0.224 e. The summed E-state index contributed by atoms with van der Waals surface area (Å²) in [6.45, 7) is 3.96. The molecule has 0 radical (unpaired) electrons. The van der Waals surface area contributed by atoms with Gasteiger partial charge >= 0.3 is 0 Å². The van der Waals surface area contributed by atoms with Gasteiger partial charge in [0.25, 0.3) is 0 Å². The molecule has 1 unspecified atom stereocenters. The van der Waals surface area contributed by atoms with Crippen LogP contribution in [0, 0.1) is 0 Å². The van der Waals surface area contributed by atoms with E-state index in [0.29, 0.717) is 17.2 Å². The number of hydrogen-bond acceptors (Lipinski definition) is 3. The molecule has 0 aliphatic carbocycles. The number of benzene rings is 1. The van der Waals surface area contributed by atoms with Crippen LogP contribution >= 0.6 is 11.6 Å². The first-order valence-corrected chi connectivity index (χ1v) is 7.06. The summed E-state index contributed by atoms with van der Waals surface area (Å²) in [5, 5.41) is 12.6. The average Bonchev–Trinajstić information content (AvgIpc) is 2.39. The molecule has 20 heavy (non-hydrogen) atoms. The van der Waals surface area contributed by atoms with Gasteiger partial charge in [-0.05, 0) is 38.0 Å². The van der Waals surface area contributed by atoms with Crippen LogP contribution in [-0.4, -0.2) is 30.3 Å². The second kappa shape index (κ2) is 7.50. The molecule has 1 rings (SSSR count). The molecule has 0 saturated heterocycles. The number of amides is 1. The summed E-state index contributed by atoms with van der Waals surface area (Å²) >= 11 is 5.95. The zero-order valence-corrected chi connectivity index (χ0v) is 13.0. The maximum Gasteiger partial charge on any atom is 0.224 e. The minimum absolute atomic E-state index is 0.0467. The minimum atomic E-state index is -0.391. The van der Waals surface area contributed by atoms with Crippen LogP contribution in [0.5, 0.6) is 5.75 Å². The number of aliphatic hydroxyl groups excluding tert-OH is 1. The van der Waals surface area contributed by atoms with Crippen molar-refractivity contribution in [1.82, 2.24) is 5.32 Å². The molecule has 0 spiro atoms. The Labute approximate surface area is 125 Å². The molecule has 1 atom stereocenters. The number of hydrogen-bond donors (Lipinski definition) is 2. The average molecular weight is 300 g/mol. The fourth-order valence-corrected chi connectivity index (χ4v) is 2.21. The van der Waals surface area contributed by atoms with Crippen LogP contribution in [0.4, 0.5) is 0 Å². The second-order valence-corrected chi connectivity index (χ2v) is 5.51. The molecule has 112 valence electrons. The number of methoxy groups -OCH3 is 1. The van der Waals surface area contributed by atoms with E-state index in [4.69, 9.17) is 21.4 Å². The molecule has 0 fully saturated rings. The van der Waals surface area contributed by atoms with E-state index in [1.807, 2.05) is 13.8 Å². The van der Waals surface area contributed by atoms with Gasteiger partial charge in [0.2, 0.25) is 5.91 Å². The summed E-state index contributed by atoms with van der Waals surface area (Å²) in [6, 6.07) is 5.21. The largest absolute Gasteiger partial charge is 0.496 e. The molecule has 0 aromatic heterocycles. The molecule has 1 aromatic carbocycles. The molecule has 5 heteroatoms. The predicted octanol–water partition coefficient (Wildman–Crippen LogP) is 2.56. The number of rotatable bonds is 7. The van der Waals surface area contributed by atoms with Crippen molar-refractivity contribution >= 4 is 17.5 Å². The van der Waals surface area contributed by atoms with E-state index >= 15 is 0 Å². The Kier molecular flexibility index (Phi) is 6.30. The minimum Gasteiger partial charge on any atom is -0.496 e. The topological polar surface area (TPSA) is 58.6 Å². The normalized spacial score (nSPS) is 13.7. The van der Waals surface area contributed by atoms with Crippen LogP contribution in [0.1, 0.15) is 32.3 Å². The summed E-state index contributed by atoms with van der Waals surface area (Å²) < 4.78 is 5.23. The molecule has 0 heterocycles. The van der Waals surface area contributed by atoms with Crippen molar-refractivity contribution in [1.29, 1.82) is 0 Å². The Morgan fingerprint density at radius 1 is 1.50 bits per heavy atom. The van der Waals surface area contributed by atoms with Crippen molar-refractivity contribution in [2.45, 2.75) is 38.6 Å².